The quantitative estimate of drug-likeness (QED) is 0.370. The third-order valence-corrected chi connectivity index (χ3v) is 6.30. The molecule has 3 rings (SSSR count). The Morgan fingerprint density at radius 1 is 1.27 bits per heavy atom. The Balaban J connectivity index is 0.00000243. The number of amides is 1. The maximum Gasteiger partial charge on any atom is 0.219 e. The maximum absolute atomic E-state index is 11.4. The molecule has 26 heavy (non-hydrogen) atoms. The molecule has 1 aliphatic carbocycles. The lowest BCUT2D eigenvalue weighted by atomic mass is 9.57. The molecule has 2 N–H and O–H groups in total. The van der Waals surface area contributed by atoms with E-state index in [2.05, 4.69) is 31.4 Å². The van der Waals surface area contributed by atoms with Crippen LogP contribution in [-0.4, -0.2) is 61.7 Å². The number of nitrogens with one attached hydrogen (secondary N) is 2. The predicted octanol–water partition coefficient (Wildman–Crippen LogP) is 2.23. The van der Waals surface area contributed by atoms with Crippen LogP contribution in [0.5, 0.6) is 0 Å². The fourth-order valence-electron chi connectivity index (χ4n) is 4.74. The van der Waals surface area contributed by atoms with Crippen molar-refractivity contribution in [2.45, 2.75) is 59.1 Å². The molecule has 150 valence electrons. The molecule has 3 unspecified atom stereocenters. The Labute approximate surface area is 174 Å². The van der Waals surface area contributed by atoms with Crippen LogP contribution >= 0.6 is 24.0 Å². The lowest BCUT2D eigenvalue weighted by Gasteiger charge is -2.55. The lowest BCUT2D eigenvalue weighted by molar-refractivity contribution is -0.130. The standard InChI is InChI=1S/C19H34N4O2.HI/c1-5-20-18(21-12-14-6-9-23(10-7-14)13(2)24)22-16-15-8-11-25-17(15)19(16,3)4;/h14-17H,5-12H2,1-4H3,(H2,20,21,22);1H. The van der Waals surface area contributed by atoms with Crippen molar-refractivity contribution in [3.8, 4) is 0 Å². The van der Waals surface area contributed by atoms with Crippen molar-refractivity contribution in [1.82, 2.24) is 15.5 Å². The molecule has 1 amide bonds. The van der Waals surface area contributed by atoms with Gasteiger partial charge in [-0.3, -0.25) is 9.79 Å². The van der Waals surface area contributed by atoms with Crippen molar-refractivity contribution in [2.24, 2.45) is 22.2 Å². The highest BCUT2D eigenvalue weighted by molar-refractivity contribution is 14.0. The van der Waals surface area contributed by atoms with E-state index in [1.807, 2.05) is 4.90 Å². The molecule has 0 aromatic rings. The largest absolute Gasteiger partial charge is 0.377 e. The van der Waals surface area contributed by atoms with Gasteiger partial charge in [0.1, 0.15) is 0 Å². The first kappa shape index (κ1) is 21.7. The van der Waals surface area contributed by atoms with Crippen LogP contribution < -0.4 is 10.6 Å². The molecule has 0 aromatic carbocycles. The third kappa shape index (κ3) is 4.46. The highest BCUT2D eigenvalue weighted by Gasteiger charge is 2.59. The van der Waals surface area contributed by atoms with E-state index in [0.717, 1.165) is 58.0 Å². The van der Waals surface area contributed by atoms with E-state index in [4.69, 9.17) is 9.73 Å². The molecule has 6 nitrogen and oxygen atoms in total. The smallest absolute Gasteiger partial charge is 0.219 e. The zero-order chi connectivity index (χ0) is 18.0. The van der Waals surface area contributed by atoms with Crippen LogP contribution in [0.1, 0.15) is 47.0 Å². The minimum atomic E-state index is 0. The molecule has 3 aliphatic rings. The summed E-state index contributed by atoms with van der Waals surface area (Å²) in [6.07, 6.45) is 3.64. The number of hydrogen-bond donors (Lipinski definition) is 2. The molecule has 2 aliphatic heterocycles. The van der Waals surface area contributed by atoms with Gasteiger partial charge in [0.05, 0.1) is 6.10 Å². The van der Waals surface area contributed by atoms with Crippen LogP contribution in [0, 0.1) is 17.3 Å². The van der Waals surface area contributed by atoms with Gasteiger partial charge in [-0.05, 0) is 32.1 Å². The molecule has 2 heterocycles. The second kappa shape index (κ2) is 9.08. The summed E-state index contributed by atoms with van der Waals surface area (Å²) in [7, 11) is 0. The number of carbonyl (C=O) groups is 1. The molecule has 1 saturated carbocycles. The SMILES string of the molecule is CCNC(=NCC1CCN(C(C)=O)CC1)NC1C2CCOC2C1(C)C.I. The van der Waals surface area contributed by atoms with Gasteiger partial charge in [-0.1, -0.05) is 13.8 Å². The minimum absolute atomic E-state index is 0. The van der Waals surface area contributed by atoms with Crippen molar-refractivity contribution >= 4 is 35.8 Å². The average Bonchev–Trinajstić information content (AvgIpc) is 3.04. The van der Waals surface area contributed by atoms with Crippen molar-refractivity contribution < 1.29 is 9.53 Å². The Hall–Kier alpha value is -0.570. The van der Waals surface area contributed by atoms with E-state index < -0.39 is 0 Å². The predicted molar refractivity (Wildman–Crippen MR) is 115 cm³/mol. The highest BCUT2D eigenvalue weighted by atomic mass is 127. The van der Waals surface area contributed by atoms with Gasteiger partial charge < -0.3 is 20.3 Å². The van der Waals surface area contributed by atoms with E-state index in [1.165, 1.54) is 0 Å². The summed E-state index contributed by atoms with van der Waals surface area (Å²) < 4.78 is 5.89. The second-order valence-electron chi connectivity index (χ2n) is 8.36. The Bertz CT molecular complexity index is 518. The van der Waals surface area contributed by atoms with Gasteiger partial charge in [0.2, 0.25) is 5.91 Å². The summed E-state index contributed by atoms with van der Waals surface area (Å²) in [4.78, 5) is 18.2. The number of hydrogen-bond acceptors (Lipinski definition) is 3. The number of ether oxygens (including phenoxy) is 1. The summed E-state index contributed by atoms with van der Waals surface area (Å²) in [6, 6.07) is 0.428. The van der Waals surface area contributed by atoms with Crippen molar-refractivity contribution in [3.63, 3.8) is 0 Å². The molecule has 0 radical (unpaired) electrons. The normalized spacial score (nSPS) is 30.8. The van der Waals surface area contributed by atoms with Gasteiger partial charge in [-0.25, -0.2) is 0 Å². The van der Waals surface area contributed by atoms with E-state index in [9.17, 15) is 4.79 Å². The van der Waals surface area contributed by atoms with Gasteiger partial charge in [0, 0.05) is 57.1 Å². The number of nitrogens with zero attached hydrogens (tertiary/aromatic N) is 2. The summed E-state index contributed by atoms with van der Waals surface area (Å²) in [5, 5.41) is 7.08. The molecule has 2 saturated heterocycles. The number of fused-ring (bicyclic) bond motifs is 1. The molecular formula is C19H35IN4O2. The average molecular weight is 478 g/mol. The molecular weight excluding hydrogens is 443 g/mol. The first-order valence-electron chi connectivity index (χ1n) is 9.85. The topological polar surface area (TPSA) is 66.0 Å². The lowest BCUT2D eigenvalue weighted by Crippen LogP contribution is -2.68. The number of piperidine rings is 1. The fraction of sp³-hybridized carbons (Fsp3) is 0.895. The summed E-state index contributed by atoms with van der Waals surface area (Å²) in [5.41, 5.74) is 0.157. The zero-order valence-electron chi connectivity index (χ0n) is 16.6. The number of rotatable bonds is 4. The van der Waals surface area contributed by atoms with Gasteiger partial charge in [0.25, 0.3) is 0 Å². The van der Waals surface area contributed by atoms with Crippen LogP contribution in [-0.2, 0) is 9.53 Å². The summed E-state index contributed by atoms with van der Waals surface area (Å²) in [6.45, 7) is 12.7. The van der Waals surface area contributed by atoms with Gasteiger partial charge in [-0.15, -0.1) is 24.0 Å². The molecule has 3 fully saturated rings. The van der Waals surface area contributed by atoms with Crippen LogP contribution in [0.3, 0.4) is 0 Å². The first-order valence-corrected chi connectivity index (χ1v) is 9.85. The van der Waals surface area contributed by atoms with E-state index in [0.29, 0.717) is 24.0 Å². The molecule has 0 spiro atoms. The van der Waals surface area contributed by atoms with Gasteiger partial charge in [-0.2, -0.15) is 0 Å². The number of carbonyl (C=O) groups excluding carboxylic acids is 1. The van der Waals surface area contributed by atoms with Gasteiger partial charge >= 0.3 is 0 Å². The van der Waals surface area contributed by atoms with E-state index in [1.54, 1.807) is 6.92 Å². The minimum Gasteiger partial charge on any atom is -0.377 e. The number of halogens is 1. The van der Waals surface area contributed by atoms with E-state index in [-0.39, 0.29) is 35.3 Å². The highest BCUT2D eigenvalue weighted by Crippen LogP contribution is 2.52. The van der Waals surface area contributed by atoms with Crippen molar-refractivity contribution in [3.05, 3.63) is 0 Å². The Morgan fingerprint density at radius 3 is 2.58 bits per heavy atom. The zero-order valence-corrected chi connectivity index (χ0v) is 18.9. The monoisotopic (exact) mass is 478 g/mol. The Morgan fingerprint density at radius 2 is 1.96 bits per heavy atom. The first-order chi connectivity index (χ1) is 11.9. The number of aliphatic imine (C=N–C) groups is 1. The third-order valence-electron chi connectivity index (χ3n) is 6.30. The molecule has 3 atom stereocenters. The van der Waals surface area contributed by atoms with E-state index >= 15 is 0 Å². The second-order valence-corrected chi connectivity index (χ2v) is 8.36. The molecule has 0 aromatic heterocycles. The van der Waals surface area contributed by atoms with Crippen LogP contribution in [0.15, 0.2) is 4.99 Å². The Kier molecular flexibility index (Phi) is 7.59. The number of guanidine groups is 1. The summed E-state index contributed by atoms with van der Waals surface area (Å²) >= 11 is 0. The van der Waals surface area contributed by atoms with Gasteiger partial charge in [0.15, 0.2) is 5.96 Å². The van der Waals surface area contributed by atoms with Crippen LogP contribution in [0.2, 0.25) is 0 Å². The number of likely N-dealkylation sites (tertiary alicyclic amines) is 1. The van der Waals surface area contributed by atoms with Crippen LogP contribution in [0.25, 0.3) is 0 Å². The molecule has 0 bridgehead atoms. The maximum atomic E-state index is 11.4. The summed E-state index contributed by atoms with van der Waals surface area (Å²) in [5.74, 6) is 2.30. The van der Waals surface area contributed by atoms with Crippen molar-refractivity contribution in [2.75, 3.05) is 32.8 Å². The molecule has 7 heteroatoms. The van der Waals surface area contributed by atoms with Crippen LogP contribution in [0.4, 0.5) is 0 Å². The van der Waals surface area contributed by atoms with Crippen molar-refractivity contribution in [1.29, 1.82) is 0 Å². The fourth-order valence-corrected chi connectivity index (χ4v) is 4.74.